The van der Waals surface area contributed by atoms with Crippen LogP contribution in [0.5, 0.6) is 5.88 Å². The number of nitrogens with one attached hydrogen (secondary N) is 1. The smallest absolute Gasteiger partial charge is 0.225 e. The standard InChI is InChI=1S/C13H18N6O/c1-9-17-18-11-4-3-10(8-19(9)11)7-15-13-14-6-5-12(16-13)20-2/h5-6,10H,3-4,7-8H2,1-2H3,(H,14,15,16)/t10-/m1/s1. The molecule has 3 heterocycles. The van der Waals surface area contributed by atoms with Crippen molar-refractivity contribution in [3.05, 3.63) is 23.9 Å². The van der Waals surface area contributed by atoms with Crippen molar-refractivity contribution in [3.63, 3.8) is 0 Å². The van der Waals surface area contributed by atoms with E-state index in [0.717, 1.165) is 37.6 Å². The Morgan fingerprint density at radius 2 is 2.35 bits per heavy atom. The largest absolute Gasteiger partial charge is 0.481 e. The van der Waals surface area contributed by atoms with Crippen LogP contribution >= 0.6 is 0 Å². The van der Waals surface area contributed by atoms with Gasteiger partial charge in [-0.15, -0.1) is 10.2 Å². The number of aryl methyl sites for hydroxylation is 2. The first-order chi connectivity index (χ1) is 9.76. The van der Waals surface area contributed by atoms with Crippen LogP contribution in [-0.2, 0) is 13.0 Å². The van der Waals surface area contributed by atoms with E-state index < -0.39 is 0 Å². The molecule has 0 radical (unpaired) electrons. The normalized spacial score (nSPS) is 17.6. The van der Waals surface area contributed by atoms with Gasteiger partial charge in [-0.05, 0) is 19.3 Å². The molecule has 1 aliphatic heterocycles. The molecular weight excluding hydrogens is 256 g/mol. The van der Waals surface area contributed by atoms with Gasteiger partial charge in [-0.1, -0.05) is 0 Å². The Bertz CT molecular complexity index is 596. The summed E-state index contributed by atoms with van der Waals surface area (Å²) in [6.45, 7) is 3.78. The van der Waals surface area contributed by atoms with Gasteiger partial charge in [0.05, 0.1) is 7.11 Å². The molecule has 1 aliphatic rings. The molecule has 2 aromatic rings. The number of nitrogens with zero attached hydrogens (tertiary/aromatic N) is 5. The monoisotopic (exact) mass is 274 g/mol. The molecule has 3 rings (SSSR count). The second-order valence-corrected chi connectivity index (χ2v) is 4.98. The van der Waals surface area contributed by atoms with Gasteiger partial charge in [0.15, 0.2) is 0 Å². The van der Waals surface area contributed by atoms with Crippen molar-refractivity contribution < 1.29 is 4.74 Å². The fourth-order valence-corrected chi connectivity index (χ4v) is 2.47. The van der Waals surface area contributed by atoms with Crippen molar-refractivity contribution >= 4 is 5.95 Å². The first-order valence-electron chi connectivity index (χ1n) is 6.76. The second kappa shape index (κ2) is 5.44. The first-order valence-corrected chi connectivity index (χ1v) is 6.76. The second-order valence-electron chi connectivity index (χ2n) is 4.98. The summed E-state index contributed by atoms with van der Waals surface area (Å²) < 4.78 is 7.28. The number of aromatic nitrogens is 5. The van der Waals surface area contributed by atoms with Gasteiger partial charge in [0.1, 0.15) is 11.6 Å². The van der Waals surface area contributed by atoms with Crippen molar-refractivity contribution in [2.75, 3.05) is 19.0 Å². The molecule has 0 fully saturated rings. The van der Waals surface area contributed by atoms with Gasteiger partial charge in [0.2, 0.25) is 11.8 Å². The molecule has 0 bridgehead atoms. The summed E-state index contributed by atoms with van der Waals surface area (Å²) in [5.41, 5.74) is 0. The van der Waals surface area contributed by atoms with Crippen LogP contribution < -0.4 is 10.1 Å². The van der Waals surface area contributed by atoms with Gasteiger partial charge in [0, 0.05) is 31.8 Å². The van der Waals surface area contributed by atoms with E-state index >= 15 is 0 Å². The van der Waals surface area contributed by atoms with Crippen molar-refractivity contribution in [2.24, 2.45) is 5.92 Å². The summed E-state index contributed by atoms with van der Waals surface area (Å²) in [5, 5.41) is 11.6. The van der Waals surface area contributed by atoms with E-state index in [2.05, 4.69) is 30.0 Å². The van der Waals surface area contributed by atoms with Crippen LogP contribution in [0.2, 0.25) is 0 Å². The maximum Gasteiger partial charge on any atom is 0.225 e. The SMILES string of the molecule is COc1ccnc(NC[C@H]2CCc3nnc(C)n3C2)n1. The first kappa shape index (κ1) is 12.8. The summed E-state index contributed by atoms with van der Waals surface area (Å²) >= 11 is 0. The Labute approximate surface area is 117 Å². The van der Waals surface area contributed by atoms with Gasteiger partial charge in [0.25, 0.3) is 0 Å². The van der Waals surface area contributed by atoms with Crippen LogP contribution in [0, 0.1) is 12.8 Å². The van der Waals surface area contributed by atoms with Crippen LogP contribution in [0.4, 0.5) is 5.95 Å². The van der Waals surface area contributed by atoms with Gasteiger partial charge in [-0.2, -0.15) is 4.98 Å². The van der Waals surface area contributed by atoms with Gasteiger partial charge >= 0.3 is 0 Å². The lowest BCUT2D eigenvalue weighted by Gasteiger charge is -2.24. The van der Waals surface area contributed by atoms with Gasteiger partial charge in [-0.3, -0.25) is 0 Å². The molecule has 0 spiro atoms. The van der Waals surface area contributed by atoms with Crippen molar-refractivity contribution in [1.29, 1.82) is 0 Å². The van der Waals surface area contributed by atoms with E-state index in [1.54, 1.807) is 19.4 Å². The third kappa shape index (κ3) is 2.56. The zero-order valence-electron chi connectivity index (χ0n) is 11.7. The highest BCUT2D eigenvalue weighted by Gasteiger charge is 2.21. The predicted octanol–water partition coefficient (Wildman–Crippen LogP) is 1.06. The lowest BCUT2D eigenvalue weighted by Crippen LogP contribution is -2.27. The Morgan fingerprint density at radius 1 is 1.45 bits per heavy atom. The molecule has 20 heavy (non-hydrogen) atoms. The number of rotatable bonds is 4. The fourth-order valence-electron chi connectivity index (χ4n) is 2.47. The Kier molecular flexibility index (Phi) is 3.49. The molecule has 0 aromatic carbocycles. The van der Waals surface area contributed by atoms with E-state index in [0.29, 0.717) is 17.7 Å². The lowest BCUT2D eigenvalue weighted by molar-refractivity contribution is 0.375. The van der Waals surface area contributed by atoms with Crippen molar-refractivity contribution in [2.45, 2.75) is 26.3 Å². The quantitative estimate of drug-likeness (QED) is 0.898. The third-order valence-electron chi connectivity index (χ3n) is 3.62. The summed E-state index contributed by atoms with van der Waals surface area (Å²) in [5.74, 6) is 3.80. The minimum atomic E-state index is 0.534. The number of methoxy groups -OCH3 is 1. The van der Waals surface area contributed by atoms with E-state index in [-0.39, 0.29) is 0 Å². The molecule has 0 aliphatic carbocycles. The molecule has 7 heteroatoms. The van der Waals surface area contributed by atoms with E-state index in [1.165, 1.54) is 0 Å². The summed E-state index contributed by atoms with van der Waals surface area (Å²) in [7, 11) is 1.60. The predicted molar refractivity (Wildman–Crippen MR) is 73.6 cm³/mol. The molecule has 0 unspecified atom stereocenters. The molecule has 0 amide bonds. The topological polar surface area (TPSA) is 77.8 Å². The minimum Gasteiger partial charge on any atom is -0.481 e. The Morgan fingerprint density at radius 3 is 3.20 bits per heavy atom. The number of anilines is 1. The van der Waals surface area contributed by atoms with Gasteiger partial charge in [-0.25, -0.2) is 4.98 Å². The molecule has 1 N–H and O–H groups in total. The van der Waals surface area contributed by atoms with E-state index in [1.807, 2.05) is 6.92 Å². The Hall–Kier alpha value is -2.18. The summed E-state index contributed by atoms with van der Waals surface area (Å²) in [4.78, 5) is 8.44. The molecule has 0 saturated carbocycles. The molecule has 7 nitrogen and oxygen atoms in total. The minimum absolute atomic E-state index is 0.534. The van der Waals surface area contributed by atoms with Crippen LogP contribution in [0.15, 0.2) is 12.3 Å². The third-order valence-corrected chi connectivity index (χ3v) is 3.62. The maximum absolute atomic E-state index is 5.09. The average Bonchev–Trinajstić information content (AvgIpc) is 2.86. The van der Waals surface area contributed by atoms with Crippen LogP contribution in [-0.4, -0.2) is 38.4 Å². The molecule has 2 aromatic heterocycles. The van der Waals surface area contributed by atoms with Crippen LogP contribution in [0.3, 0.4) is 0 Å². The zero-order chi connectivity index (χ0) is 13.9. The van der Waals surface area contributed by atoms with Crippen molar-refractivity contribution in [1.82, 2.24) is 24.7 Å². The Balaban J connectivity index is 1.61. The summed E-state index contributed by atoms with van der Waals surface area (Å²) in [6, 6.07) is 1.73. The number of ether oxygens (including phenoxy) is 1. The number of hydrogen-bond acceptors (Lipinski definition) is 6. The molecular formula is C13H18N6O. The number of fused-ring (bicyclic) bond motifs is 1. The molecule has 1 atom stereocenters. The van der Waals surface area contributed by atoms with E-state index in [9.17, 15) is 0 Å². The fraction of sp³-hybridized carbons (Fsp3) is 0.538. The highest BCUT2D eigenvalue weighted by atomic mass is 16.5. The van der Waals surface area contributed by atoms with Gasteiger partial charge < -0.3 is 14.6 Å². The summed E-state index contributed by atoms with van der Waals surface area (Å²) in [6.07, 6.45) is 3.78. The number of hydrogen-bond donors (Lipinski definition) is 1. The molecule has 0 saturated heterocycles. The average molecular weight is 274 g/mol. The maximum atomic E-state index is 5.09. The highest BCUT2D eigenvalue weighted by Crippen LogP contribution is 2.20. The lowest BCUT2D eigenvalue weighted by atomic mass is 9.99. The van der Waals surface area contributed by atoms with Crippen molar-refractivity contribution in [3.8, 4) is 5.88 Å². The zero-order valence-corrected chi connectivity index (χ0v) is 11.7. The van der Waals surface area contributed by atoms with Crippen LogP contribution in [0.1, 0.15) is 18.1 Å². The molecule has 106 valence electrons. The van der Waals surface area contributed by atoms with Crippen LogP contribution in [0.25, 0.3) is 0 Å². The van der Waals surface area contributed by atoms with E-state index in [4.69, 9.17) is 4.74 Å². The highest BCUT2D eigenvalue weighted by molar-refractivity contribution is 5.27.